The normalized spacial score (nSPS) is 22.2. The van der Waals surface area contributed by atoms with E-state index in [9.17, 15) is 5.11 Å². The Balaban J connectivity index is 1.36. The van der Waals surface area contributed by atoms with E-state index in [2.05, 4.69) is 0 Å². The van der Waals surface area contributed by atoms with Crippen molar-refractivity contribution >= 4 is 0 Å². The first-order valence-corrected chi connectivity index (χ1v) is 13.8. The molecule has 0 saturated carbocycles. The van der Waals surface area contributed by atoms with Gasteiger partial charge >= 0.3 is 0 Å². The minimum Gasteiger partial charge on any atom is -0.497 e. The first-order valence-electron chi connectivity index (χ1n) is 13.8. The van der Waals surface area contributed by atoms with Crippen molar-refractivity contribution in [3.05, 3.63) is 132 Å². The van der Waals surface area contributed by atoms with E-state index in [4.69, 9.17) is 28.4 Å². The molecule has 1 N–H and O–H groups in total. The second-order valence-corrected chi connectivity index (χ2v) is 9.85. The molecule has 7 nitrogen and oxygen atoms in total. The number of ether oxygens (including phenoxy) is 6. The predicted octanol–water partition coefficient (Wildman–Crippen LogP) is 5.55. The standard InChI is InChI=1S/C34H36O7/c1-36-28-17-19-29(20-18-28)40-34-33(39-23-27-15-9-4-10-16-27)31(35)32(38-22-26-13-7-3-8-14-26)30(41-34)24-37-21-25-11-5-2-6-12-25/h2-20,30-35H,21-24H2,1H3/t30-,31+,32-,33-,34-/m1/s1. The van der Waals surface area contributed by atoms with E-state index in [0.29, 0.717) is 24.7 Å². The van der Waals surface area contributed by atoms with Crippen molar-refractivity contribution in [2.75, 3.05) is 13.7 Å². The van der Waals surface area contributed by atoms with Crippen molar-refractivity contribution in [2.45, 2.75) is 50.5 Å². The van der Waals surface area contributed by atoms with Gasteiger partial charge in [0.1, 0.15) is 35.9 Å². The molecule has 4 aromatic rings. The van der Waals surface area contributed by atoms with Crippen molar-refractivity contribution in [3.63, 3.8) is 0 Å². The fourth-order valence-electron chi connectivity index (χ4n) is 4.70. The molecule has 0 amide bonds. The van der Waals surface area contributed by atoms with E-state index in [0.717, 1.165) is 16.7 Å². The lowest BCUT2D eigenvalue weighted by molar-refractivity contribution is -0.301. The van der Waals surface area contributed by atoms with Crippen LogP contribution in [0.2, 0.25) is 0 Å². The number of benzene rings is 4. The van der Waals surface area contributed by atoms with Gasteiger partial charge in [0.2, 0.25) is 6.29 Å². The van der Waals surface area contributed by atoms with Crippen LogP contribution in [0.5, 0.6) is 11.5 Å². The minimum absolute atomic E-state index is 0.194. The molecule has 0 bridgehead atoms. The smallest absolute Gasteiger partial charge is 0.229 e. The van der Waals surface area contributed by atoms with Crippen LogP contribution in [-0.2, 0) is 38.8 Å². The van der Waals surface area contributed by atoms with Gasteiger partial charge in [0.05, 0.1) is 33.5 Å². The summed E-state index contributed by atoms with van der Waals surface area (Å²) in [6, 6.07) is 36.7. The first-order chi connectivity index (χ1) is 20.2. The van der Waals surface area contributed by atoms with Crippen molar-refractivity contribution in [1.29, 1.82) is 0 Å². The summed E-state index contributed by atoms with van der Waals surface area (Å²) < 4.78 is 36.6. The molecule has 5 rings (SSSR count). The summed E-state index contributed by atoms with van der Waals surface area (Å²) in [5.41, 5.74) is 3.00. The third-order valence-electron chi connectivity index (χ3n) is 6.89. The molecule has 0 unspecified atom stereocenters. The topological polar surface area (TPSA) is 75.6 Å². The molecule has 1 aliphatic heterocycles. The third-order valence-corrected chi connectivity index (χ3v) is 6.89. The van der Waals surface area contributed by atoms with E-state index in [1.165, 1.54) is 0 Å². The Bertz CT molecular complexity index is 1280. The Labute approximate surface area is 241 Å². The molecule has 1 saturated heterocycles. The summed E-state index contributed by atoms with van der Waals surface area (Å²) in [7, 11) is 1.61. The second-order valence-electron chi connectivity index (χ2n) is 9.85. The predicted molar refractivity (Wildman–Crippen MR) is 154 cm³/mol. The van der Waals surface area contributed by atoms with Gasteiger partial charge in [-0.1, -0.05) is 91.0 Å². The number of hydrogen-bond acceptors (Lipinski definition) is 7. The zero-order valence-electron chi connectivity index (χ0n) is 23.1. The summed E-state index contributed by atoms with van der Waals surface area (Å²) in [5, 5.41) is 11.7. The monoisotopic (exact) mass is 556 g/mol. The van der Waals surface area contributed by atoms with Crippen LogP contribution in [0.1, 0.15) is 16.7 Å². The molecule has 1 aliphatic rings. The largest absolute Gasteiger partial charge is 0.497 e. The van der Waals surface area contributed by atoms with Gasteiger partial charge in [0, 0.05) is 0 Å². The number of methoxy groups -OCH3 is 1. The molecule has 5 atom stereocenters. The number of aliphatic hydroxyl groups is 1. The maximum atomic E-state index is 11.7. The summed E-state index contributed by atoms with van der Waals surface area (Å²) in [4.78, 5) is 0. The zero-order chi connectivity index (χ0) is 28.3. The van der Waals surface area contributed by atoms with Gasteiger partial charge < -0.3 is 33.5 Å². The molecule has 214 valence electrons. The summed E-state index contributed by atoms with van der Waals surface area (Å²) >= 11 is 0. The molecule has 0 aromatic heterocycles. The maximum Gasteiger partial charge on any atom is 0.229 e. The van der Waals surface area contributed by atoms with Gasteiger partial charge in [-0.25, -0.2) is 0 Å². The van der Waals surface area contributed by atoms with Crippen molar-refractivity contribution in [2.24, 2.45) is 0 Å². The van der Waals surface area contributed by atoms with Crippen LogP contribution in [0.3, 0.4) is 0 Å². The highest BCUT2D eigenvalue weighted by Crippen LogP contribution is 2.30. The highest BCUT2D eigenvalue weighted by Gasteiger charge is 2.48. The van der Waals surface area contributed by atoms with Gasteiger partial charge in [-0.3, -0.25) is 0 Å². The number of hydrogen-bond donors (Lipinski definition) is 1. The Kier molecular flexibility index (Phi) is 10.4. The molecular weight excluding hydrogens is 520 g/mol. The zero-order valence-corrected chi connectivity index (χ0v) is 23.1. The van der Waals surface area contributed by atoms with Crippen LogP contribution in [0.25, 0.3) is 0 Å². The quantitative estimate of drug-likeness (QED) is 0.232. The fourth-order valence-corrected chi connectivity index (χ4v) is 4.70. The van der Waals surface area contributed by atoms with Crippen molar-refractivity contribution < 1.29 is 33.5 Å². The van der Waals surface area contributed by atoms with E-state index in [1.54, 1.807) is 31.4 Å². The van der Waals surface area contributed by atoms with Crippen LogP contribution >= 0.6 is 0 Å². The first kappa shape index (κ1) is 28.8. The summed E-state index contributed by atoms with van der Waals surface area (Å²) in [6.07, 6.45) is -4.13. The van der Waals surface area contributed by atoms with Gasteiger partial charge in [0.15, 0.2) is 0 Å². The van der Waals surface area contributed by atoms with Crippen LogP contribution in [0.4, 0.5) is 0 Å². The van der Waals surface area contributed by atoms with E-state index >= 15 is 0 Å². The lowest BCUT2D eigenvalue weighted by Crippen LogP contribution is -2.61. The molecule has 0 aliphatic carbocycles. The van der Waals surface area contributed by atoms with Crippen molar-refractivity contribution in [1.82, 2.24) is 0 Å². The summed E-state index contributed by atoms with van der Waals surface area (Å²) in [5.74, 6) is 1.27. The SMILES string of the molecule is COc1ccc(O[C@@H]2O[C@H](COCc3ccccc3)[C@@H](OCc3ccccc3)[C@H](O)[C@H]2OCc2ccccc2)cc1. The second kappa shape index (κ2) is 14.8. The highest BCUT2D eigenvalue weighted by molar-refractivity contribution is 5.31. The molecule has 41 heavy (non-hydrogen) atoms. The number of aliphatic hydroxyl groups excluding tert-OH is 1. The molecule has 0 spiro atoms. The Morgan fingerprint density at radius 1 is 0.610 bits per heavy atom. The Morgan fingerprint density at radius 2 is 1.10 bits per heavy atom. The van der Waals surface area contributed by atoms with E-state index in [1.807, 2.05) is 91.0 Å². The fraction of sp³-hybridized carbons (Fsp3) is 0.294. The van der Waals surface area contributed by atoms with Gasteiger partial charge in [-0.15, -0.1) is 0 Å². The minimum atomic E-state index is -1.05. The molecular formula is C34H36O7. The number of rotatable bonds is 13. The molecule has 1 heterocycles. The highest BCUT2D eigenvalue weighted by atomic mass is 16.7. The Hall–Kier alpha value is -3.72. The van der Waals surface area contributed by atoms with Crippen LogP contribution < -0.4 is 9.47 Å². The van der Waals surface area contributed by atoms with Crippen molar-refractivity contribution in [3.8, 4) is 11.5 Å². The van der Waals surface area contributed by atoms with E-state index < -0.39 is 30.7 Å². The lowest BCUT2D eigenvalue weighted by Gasteiger charge is -2.44. The van der Waals surface area contributed by atoms with E-state index in [-0.39, 0.29) is 13.2 Å². The summed E-state index contributed by atoms with van der Waals surface area (Å²) in [6.45, 7) is 1.17. The maximum absolute atomic E-state index is 11.7. The van der Waals surface area contributed by atoms with Gasteiger partial charge in [-0.2, -0.15) is 0 Å². The molecule has 1 fully saturated rings. The average Bonchev–Trinajstić information content (AvgIpc) is 3.02. The molecule has 0 radical (unpaired) electrons. The van der Waals surface area contributed by atoms with Gasteiger partial charge in [-0.05, 0) is 41.0 Å². The van der Waals surface area contributed by atoms with Gasteiger partial charge in [0.25, 0.3) is 0 Å². The molecule has 7 heteroatoms. The Morgan fingerprint density at radius 3 is 1.63 bits per heavy atom. The lowest BCUT2D eigenvalue weighted by atomic mass is 9.98. The van der Waals surface area contributed by atoms with Crippen LogP contribution in [0.15, 0.2) is 115 Å². The average molecular weight is 557 g/mol. The van der Waals surface area contributed by atoms with Crippen LogP contribution in [-0.4, -0.2) is 49.5 Å². The third kappa shape index (κ3) is 8.16. The molecule has 4 aromatic carbocycles. The van der Waals surface area contributed by atoms with Crippen LogP contribution in [0, 0.1) is 0 Å².